The fourth-order valence-electron chi connectivity index (χ4n) is 1.50. The molecule has 0 amide bonds. The van der Waals surface area contributed by atoms with Crippen LogP contribution in [0, 0.1) is 6.92 Å². The molecule has 1 rings (SSSR count). The lowest BCUT2D eigenvalue weighted by Crippen LogP contribution is -2.20. The second kappa shape index (κ2) is 7.91. The number of likely N-dealkylation sites (N-methyl/N-ethyl adjacent to an activating group) is 1. The number of nitrogens with zero attached hydrogens (tertiary/aromatic N) is 3. The van der Waals surface area contributed by atoms with E-state index in [0.717, 1.165) is 36.8 Å². The molecule has 0 saturated carbocycles. The fraction of sp³-hybridized carbons (Fsp3) is 0.692. The first kappa shape index (κ1) is 15.7. The van der Waals surface area contributed by atoms with Crippen molar-refractivity contribution in [2.45, 2.75) is 20.3 Å². The van der Waals surface area contributed by atoms with E-state index in [-0.39, 0.29) is 0 Å². The van der Waals surface area contributed by atoms with E-state index in [1.54, 1.807) is 0 Å². The third kappa shape index (κ3) is 5.40. The Morgan fingerprint density at radius 1 is 1.26 bits per heavy atom. The number of anilines is 2. The van der Waals surface area contributed by atoms with Crippen molar-refractivity contribution in [1.82, 2.24) is 14.9 Å². The number of ether oxygens (including phenoxy) is 1. The van der Waals surface area contributed by atoms with Crippen LogP contribution < -0.4 is 11.1 Å². The number of nitrogens with two attached hydrogens (primary N) is 1. The maximum atomic E-state index is 5.85. The van der Waals surface area contributed by atoms with Crippen molar-refractivity contribution in [3.05, 3.63) is 11.4 Å². The number of aromatic nitrogens is 2. The monoisotopic (exact) mass is 267 g/mol. The molecular weight excluding hydrogens is 242 g/mol. The molecule has 0 unspecified atom stereocenters. The topological polar surface area (TPSA) is 76.3 Å². The smallest absolute Gasteiger partial charge is 0.134 e. The Labute approximate surface area is 115 Å². The molecule has 0 aliphatic rings. The molecule has 0 spiro atoms. The van der Waals surface area contributed by atoms with Crippen LogP contribution in [0.4, 0.5) is 11.6 Å². The molecule has 0 radical (unpaired) electrons. The highest BCUT2D eigenvalue weighted by atomic mass is 16.5. The summed E-state index contributed by atoms with van der Waals surface area (Å²) in [6, 6.07) is 0. The van der Waals surface area contributed by atoms with Crippen LogP contribution in [0.1, 0.15) is 18.3 Å². The van der Waals surface area contributed by atoms with Crippen molar-refractivity contribution in [3.8, 4) is 0 Å². The predicted octanol–water partition coefficient (Wildman–Crippen LogP) is 0.920. The zero-order valence-electron chi connectivity index (χ0n) is 12.4. The molecule has 3 N–H and O–H groups in total. The molecule has 108 valence electrons. The lowest BCUT2D eigenvalue weighted by Gasteiger charge is -2.12. The van der Waals surface area contributed by atoms with Gasteiger partial charge in [-0.3, -0.25) is 0 Å². The van der Waals surface area contributed by atoms with Gasteiger partial charge in [0.25, 0.3) is 0 Å². The standard InChI is InChI=1S/C13H25N5O/c1-5-11-16-12(14)10(2)13(17-11)15-6-8-19-9-7-18(3)4/h5-9H2,1-4H3,(H3,14,15,16,17). The minimum atomic E-state index is 0.544. The molecule has 0 aliphatic heterocycles. The van der Waals surface area contributed by atoms with Crippen molar-refractivity contribution in [2.24, 2.45) is 0 Å². The van der Waals surface area contributed by atoms with Crippen molar-refractivity contribution in [1.29, 1.82) is 0 Å². The Morgan fingerprint density at radius 2 is 2.00 bits per heavy atom. The van der Waals surface area contributed by atoms with Crippen molar-refractivity contribution >= 4 is 11.6 Å². The summed E-state index contributed by atoms with van der Waals surface area (Å²) < 4.78 is 5.51. The van der Waals surface area contributed by atoms with E-state index >= 15 is 0 Å². The van der Waals surface area contributed by atoms with Crippen LogP contribution in [-0.4, -0.2) is 55.3 Å². The Morgan fingerprint density at radius 3 is 2.63 bits per heavy atom. The van der Waals surface area contributed by atoms with Crippen LogP contribution in [0.2, 0.25) is 0 Å². The molecule has 0 saturated heterocycles. The first-order chi connectivity index (χ1) is 9.04. The van der Waals surface area contributed by atoms with E-state index in [9.17, 15) is 0 Å². The molecule has 1 aromatic rings. The van der Waals surface area contributed by atoms with Crippen LogP contribution in [-0.2, 0) is 11.2 Å². The lowest BCUT2D eigenvalue weighted by molar-refractivity contribution is 0.126. The van der Waals surface area contributed by atoms with Crippen molar-refractivity contribution in [2.75, 3.05) is 51.4 Å². The summed E-state index contributed by atoms with van der Waals surface area (Å²) in [6.07, 6.45) is 0.776. The van der Waals surface area contributed by atoms with E-state index in [4.69, 9.17) is 10.5 Å². The number of hydrogen-bond donors (Lipinski definition) is 2. The molecule has 6 heteroatoms. The Kier molecular flexibility index (Phi) is 6.52. The molecule has 0 fully saturated rings. The normalized spacial score (nSPS) is 11.0. The SMILES string of the molecule is CCc1nc(N)c(C)c(NCCOCCN(C)C)n1. The third-order valence-electron chi connectivity index (χ3n) is 2.77. The second-order valence-corrected chi connectivity index (χ2v) is 4.69. The highest BCUT2D eigenvalue weighted by Crippen LogP contribution is 2.16. The van der Waals surface area contributed by atoms with E-state index in [0.29, 0.717) is 19.0 Å². The first-order valence-electron chi connectivity index (χ1n) is 6.64. The van der Waals surface area contributed by atoms with Gasteiger partial charge in [-0.1, -0.05) is 6.92 Å². The van der Waals surface area contributed by atoms with Gasteiger partial charge in [-0.05, 0) is 21.0 Å². The number of rotatable bonds is 8. The fourth-order valence-corrected chi connectivity index (χ4v) is 1.50. The molecule has 1 aromatic heterocycles. The molecule has 19 heavy (non-hydrogen) atoms. The van der Waals surface area contributed by atoms with E-state index in [2.05, 4.69) is 20.2 Å². The molecule has 6 nitrogen and oxygen atoms in total. The summed E-state index contributed by atoms with van der Waals surface area (Å²) in [5.41, 5.74) is 6.75. The third-order valence-corrected chi connectivity index (χ3v) is 2.77. The summed E-state index contributed by atoms with van der Waals surface area (Å²) in [7, 11) is 4.06. The van der Waals surface area contributed by atoms with Gasteiger partial charge in [0.05, 0.1) is 13.2 Å². The average Bonchev–Trinajstić information content (AvgIpc) is 2.37. The zero-order chi connectivity index (χ0) is 14.3. The molecule has 0 aromatic carbocycles. The Bertz CT molecular complexity index is 395. The second-order valence-electron chi connectivity index (χ2n) is 4.69. The highest BCUT2D eigenvalue weighted by Gasteiger charge is 2.06. The molecular formula is C13H25N5O. The molecule has 0 aliphatic carbocycles. The van der Waals surface area contributed by atoms with Gasteiger partial charge in [0.15, 0.2) is 0 Å². The Hall–Kier alpha value is -1.40. The Balaban J connectivity index is 2.38. The van der Waals surface area contributed by atoms with Gasteiger partial charge < -0.3 is 20.7 Å². The van der Waals surface area contributed by atoms with Gasteiger partial charge in [0, 0.05) is 25.1 Å². The van der Waals surface area contributed by atoms with Gasteiger partial charge in [-0.15, -0.1) is 0 Å². The van der Waals surface area contributed by atoms with Crippen LogP contribution in [0.3, 0.4) is 0 Å². The van der Waals surface area contributed by atoms with Crippen LogP contribution in [0.5, 0.6) is 0 Å². The number of aryl methyl sites for hydroxylation is 1. The van der Waals surface area contributed by atoms with Crippen molar-refractivity contribution < 1.29 is 4.74 Å². The molecule has 0 atom stereocenters. The van der Waals surface area contributed by atoms with Crippen LogP contribution in [0.25, 0.3) is 0 Å². The number of nitrogen functional groups attached to an aromatic ring is 1. The molecule has 0 bridgehead atoms. The maximum absolute atomic E-state index is 5.85. The van der Waals surface area contributed by atoms with Gasteiger partial charge in [0.2, 0.25) is 0 Å². The lowest BCUT2D eigenvalue weighted by atomic mass is 10.3. The summed E-state index contributed by atoms with van der Waals surface area (Å²) >= 11 is 0. The van der Waals surface area contributed by atoms with E-state index in [1.165, 1.54) is 0 Å². The van der Waals surface area contributed by atoms with Gasteiger partial charge >= 0.3 is 0 Å². The van der Waals surface area contributed by atoms with Gasteiger partial charge in [0.1, 0.15) is 17.5 Å². The van der Waals surface area contributed by atoms with Crippen LogP contribution in [0.15, 0.2) is 0 Å². The van der Waals surface area contributed by atoms with Gasteiger partial charge in [-0.2, -0.15) is 0 Å². The maximum Gasteiger partial charge on any atom is 0.134 e. The first-order valence-corrected chi connectivity index (χ1v) is 6.64. The van der Waals surface area contributed by atoms with Crippen LogP contribution >= 0.6 is 0 Å². The van der Waals surface area contributed by atoms with E-state index in [1.807, 2.05) is 27.9 Å². The summed E-state index contributed by atoms with van der Waals surface area (Å²) in [4.78, 5) is 10.7. The number of hydrogen-bond acceptors (Lipinski definition) is 6. The molecule has 1 heterocycles. The zero-order valence-corrected chi connectivity index (χ0v) is 12.4. The van der Waals surface area contributed by atoms with Gasteiger partial charge in [-0.25, -0.2) is 9.97 Å². The summed E-state index contributed by atoms with van der Waals surface area (Å²) in [5.74, 6) is 2.11. The predicted molar refractivity (Wildman–Crippen MR) is 78.4 cm³/mol. The highest BCUT2D eigenvalue weighted by molar-refractivity contribution is 5.54. The van der Waals surface area contributed by atoms with Crippen molar-refractivity contribution in [3.63, 3.8) is 0 Å². The minimum absolute atomic E-state index is 0.544. The average molecular weight is 267 g/mol. The number of nitrogens with one attached hydrogen (secondary N) is 1. The summed E-state index contributed by atoms with van der Waals surface area (Å²) in [6.45, 7) is 6.97. The summed E-state index contributed by atoms with van der Waals surface area (Å²) in [5, 5.41) is 3.25. The minimum Gasteiger partial charge on any atom is -0.383 e. The van der Waals surface area contributed by atoms with E-state index < -0.39 is 0 Å². The largest absolute Gasteiger partial charge is 0.383 e. The quantitative estimate of drug-likeness (QED) is 0.682.